The first-order chi connectivity index (χ1) is 15.5. The minimum absolute atomic E-state index is 0.163. The Hall–Kier alpha value is -3.13. The van der Waals surface area contributed by atoms with Crippen LogP contribution in [0.1, 0.15) is 18.3 Å². The van der Waals surface area contributed by atoms with Gasteiger partial charge in [-0.3, -0.25) is 0 Å². The number of sulfonamides is 1. The van der Waals surface area contributed by atoms with Gasteiger partial charge in [0.25, 0.3) is 0 Å². The molecule has 1 aliphatic heterocycles. The van der Waals surface area contributed by atoms with Crippen LogP contribution in [0.25, 0.3) is 11.0 Å². The van der Waals surface area contributed by atoms with Crippen LogP contribution in [0.2, 0.25) is 0 Å². The topological polar surface area (TPSA) is 107 Å². The maximum absolute atomic E-state index is 13.0. The van der Waals surface area contributed by atoms with E-state index in [2.05, 4.69) is 11.1 Å². The molecular formula is C22H24N4O5S. The fourth-order valence-corrected chi connectivity index (χ4v) is 5.15. The Morgan fingerprint density at radius 3 is 2.62 bits per heavy atom. The van der Waals surface area contributed by atoms with E-state index in [-0.39, 0.29) is 11.5 Å². The predicted octanol–water partition coefficient (Wildman–Crippen LogP) is 2.54. The highest BCUT2D eigenvalue weighted by Gasteiger charge is 2.27. The second kappa shape index (κ2) is 9.16. The van der Waals surface area contributed by atoms with E-state index in [1.54, 1.807) is 36.4 Å². The lowest BCUT2D eigenvalue weighted by Gasteiger charge is -2.26. The van der Waals surface area contributed by atoms with Gasteiger partial charge in [-0.2, -0.15) is 9.57 Å². The summed E-state index contributed by atoms with van der Waals surface area (Å²) in [4.78, 5) is 4.86. The molecule has 1 fully saturated rings. The van der Waals surface area contributed by atoms with E-state index in [4.69, 9.17) is 19.5 Å². The van der Waals surface area contributed by atoms with Gasteiger partial charge in [0.1, 0.15) is 12.4 Å². The number of hydrogen-bond acceptors (Lipinski definition) is 7. The highest BCUT2D eigenvalue weighted by atomic mass is 32.2. The maximum atomic E-state index is 13.0. The number of rotatable bonds is 7. The van der Waals surface area contributed by atoms with Crippen LogP contribution in [-0.2, 0) is 27.9 Å². The summed E-state index contributed by atoms with van der Waals surface area (Å²) in [5.74, 6) is 1.62. The zero-order valence-corrected chi connectivity index (χ0v) is 18.8. The van der Waals surface area contributed by atoms with Crippen molar-refractivity contribution in [1.82, 2.24) is 13.9 Å². The van der Waals surface area contributed by atoms with Gasteiger partial charge in [-0.15, -0.1) is 0 Å². The standard InChI is InChI=1S/C22H24N4O5S/c1-3-26-19-6-5-17(32(27,28)25-8-10-30-11-9-25)13-18(19)24-22(26)15-31-20-7-4-16(14-23)12-21(20)29-2/h4-7,12-13H,3,8-11,15H2,1-2H3. The second-order valence-corrected chi connectivity index (χ2v) is 9.14. The van der Waals surface area contributed by atoms with E-state index in [0.29, 0.717) is 61.3 Å². The van der Waals surface area contributed by atoms with Gasteiger partial charge in [0.05, 0.1) is 47.9 Å². The third-order valence-electron chi connectivity index (χ3n) is 5.37. The number of imidazole rings is 1. The molecule has 2 heterocycles. The Bertz CT molecular complexity index is 1270. The number of morpholine rings is 1. The zero-order valence-electron chi connectivity index (χ0n) is 17.9. The third-order valence-corrected chi connectivity index (χ3v) is 7.27. The molecule has 9 nitrogen and oxygen atoms in total. The van der Waals surface area contributed by atoms with Crippen molar-refractivity contribution in [1.29, 1.82) is 5.26 Å². The molecule has 0 unspecified atom stereocenters. The zero-order chi connectivity index (χ0) is 22.7. The largest absolute Gasteiger partial charge is 0.493 e. The van der Waals surface area contributed by atoms with Gasteiger partial charge in [-0.05, 0) is 37.3 Å². The normalized spacial score (nSPS) is 14.9. The SMILES string of the molecule is CCn1c(COc2ccc(C#N)cc2OC)nc2cc(S(=O)(=O)N3CCOCC3)ccc21. The van der Waals surface area contributed by atoms with Crippen LogP contribution in [0.15, 0.2) is 41.3 Å². The Balaban J connectivity index is 1.63. The lowest BCUT2D eigenvalue weighted by Crippen LogP contribution is -2.40. The van der Waals surface area contributed by atoms with Crippen LogP contribution in [0.4, 0.5) is 0 Å². The van der Waals surface area contributed by atoms with Gasteiger partial charge >= 0.3 is 0 Å². The van der Waals surface area contributed by atoms with Crippen LogP contribution < -0.4 is 9.47 Å². The summed E-state index contributed by atoms with van der Waals surface area (Å²) in [5, 5.41) is 9.06. The maximum Gasteiger partial charge on any atom is 0.243 e. The smallest absolute Gasteiger partial charge is 0.243 e. The summed E-state index contributed by atoms with van der Waals surface area (Å²) in [6, 6.07) is 12.0. The van der Waals surface area contributed by atoms with Crippen LogP contribution >= 0.6 is 0 Å². The van der Waals surface area contributed by atoms with Crippen molar-refractivity contribution in [2.24, 2.45) is 0 Å². The molecule has 2 aromatic carbocycles. The monoisotopic (exact) mass is 456 g/mol. The first-order valence-corrected chi connectivity index (χ1v) is 11.7. The number of methoxy groups -OCH3 is 1. The molecule has 3 aromatic rings. The molecule has 1 saturated heterocycles. The highest BCUT2D eigenvalue weighted by Crippen LogP contribution is 2.29. The van der Waals surface area contributed by atoms with Crippen LogP contribution in [0, 0.1) is 11.3 Å². The Labute approximate surface area is 186 Å². The predicted molar refractivity (Wildman–Crippen MR) is 117 cm³/mol. The van der Waals surface area contributed by atoms with Crippen molar-refractivity contribution >= 4 is 21.1 Å². The van der Waals surface area contributed by atoms with Crippen molar-refractivity contribution in [3.8, 4) is 17.6 Å². The molecule has 0 aliphatic carbocycles. The number of nitrogens with zero attached hydrogens (tertiary/aromatic N) is 4. The molecule has 0 N–H and O–H groups in total. The molecular weight excluding hydrogens is 432 g/mol. The molecule has 0 spiro atoms. The van der Waals surface area contributed by atoms with Gasteiger partial charge in [0.15, 0.2) is 11.5 Å². The van der Waals surface area contributed by atoms with Gasteiger partial charge in [0, 0.05) is 25.7 Å². The molecule has 4 rings (SSSR count). The second-order valence-electron chi connectivity index (χ2n) is 7.21. The number of fused-ring (bicyclic) bond motifs is 1. The van der Waals surface area contributed by atoms with Gasteiger partial charge in [-0.1, -0.05) is 0 Å². The van der Waals surface area contributed by atoms with Crippen molar-refractivity contribution in [3.05, 3.63) is 47.8 Å². The van der Waals surface area contributed by atoms with Gasteiger partial charge in [0.2, 0.25) is 10.0 Å². The Morgan fingerprint density at radius 1 is 1.16 bits per heavy atom. The first kappa shape index (κ1) is 22.1. The summed E-state index contributed by atoms with van der Waals surface area (Å²) in [6.45, 7) is 4.28. The summed E-state index contributed by atoms with van der Waals surface area (Å²) < 4.78 is 45.9. The summed E-state index contributed by atoms with van der Waals surface area (Å²) in [5.41, 5.74) is 1.90. The van der Waals surface area contributed by atoms with E-state index < -0.39 is 10.0 Å². The van der Waals surface area contributed by atoms with Crippen molar-refractivity contribution < 1.29 is 22.6 Å². The molecule has 0 atom stereocenters. The Kier molecular flexibility index (Phi) is 6.32. The number of aryl methyl sites for hydroxylation is 1. The lowest BCUT2D eigenvalue weighted by atomic mass is 10.2. The van der Waals surface area contributed by atoms with Gasteiger partial charge in [-0.25, -0.2) is 13.4 Å². The molecule has 0 bridgehead atoms. The minimum Gasteiger partial charge on any atom is -0.493 e. The molecule has 10 heteroatoms. The fraction of sp³-hybridized carbons (Fsp3) is 0.364. The molecule has 32 heavy (non-hydrogen) atoms. The first-order valence-electron chi connectivity index (χ1n) is 10.3. The quantitative estimate of drug-likeness (QED) is 0.538. The minimum atomic E-state index is -3.60. The van der Waals surface area contributed by atoms with Gasteiger partial charge < -0.3 is 18.8 Å². The third kappa shape index (κ3) is 4.14. The molecule has 168 valence electrons. The molecule has 0 amide bonds. The molecule has 0 radical (unpaired) electrons. The number of hydrogen-bond donors (Lipinski definition) is 0. The lowest BCUT2D eigenvalue weighted by molar-refractivity contribution is 0.0730. The van der Waals surface area contributed by atoms with E-state index in [0.717, 1.165) is 5.52 Å². The average molecular weight is 457 g/mol. The van der Waals surface area contributed by atoms with Crippen molar-refractivity contribution in [2.75, 3.05) is 33.4 Å². The number of aromatic nitrogens is 2. The fourth-order valence-electron chi connectivity index (χ4n) is 3.72. The van der Waals surface area contributed by atoms with Crippen molar-refractivity contribution in [3.63, 3.8) is 0 Å². The van der Waals surface area contributed by atoms with Crippen LogP contribution in [0.3, 0.4) is 0 Å². The van der Waals surface area contributed by atoms with E-state index >= 15 is 0 Å². The van der Waals surface area contributed by atoms with E-state index in [9.17, 15) is 8.42 Å². The molecule has 0 saturated carbocycles. The average Bonchev–Trinajstić information content (AvgIpc) is 3.19. The van der Waals surface area contributed by atoms with Crippen molar-refractivity contribution in [2.45, 2.75) is 25.0 Å². The number of ether oxygens (including phenoxy) is 3. The summed E-state index contributed by atoms with van der Waals surface area (Å²) in [6.07, 6.45) is 0. The van der Waals surface area contributed by atoms with E-state index in [1.165, 1.54) is 11.4 Å². The molecule has 1 aromatic heterocycles. The Morgan fingerprint density at radius 2 is 1.94 bits per heavy atom. The number of nitriles is 1. The summed E-state index contributed by atoms with van der Waals surface area (Å²) in [7, 11) is -2.09. The summed E-state index contributed by atoms with van der Waals surface area (Å²) >= 11 is 0. The van der Waals surface area contributed by atoms with Crippen LogP contribution in [-0.4, -0.2) is 55.7 Å². The highest BCUT2D eigenvalue weighted by molar-refractivity contribution is 7.89. The number of benzene rings is 2. The molecule has 1 aliphatic rings. The van der Waals surface area contributed by atoms with Crippen LogP contribution in [0.5, 0.6) is 11.5 Å². The van der Waals surface area contributed by atoms with E-state index in [1.807, 2.05) is 11.5 Å².